The second kappa shape index (κ2) is 5.92. The number of hydrogen-bond acceptors (Lipinski definition) is 2. The van der Waals surface area contributed by atoms with Gasteiger partial charge in [-0.25, -0.2) is 0 Å². The van der Waals surface area contributed by atoms with Crippen LogP contribution in [-0.2, 0) is 9.59 Å². The highest BCUT2D eigenvalue weighted by atomic mass is 16.1. The molecule has 0 aliphatic carbocycles. The maximum Gasteiger partial charge on any atom is 0.130 e. The Morgan fingerprint density at radius 3 is 2.42 bits per heavy atom. The Labute approximate surface area is 74.3 Å². The van der Waals surface area contributed by atoms with Crippen LogP contribution in [0.2, 0.25) is 0 Å². The molecule has 0 saturated heterocycles. The van der Waals surface area contributed by atoms with E-state index in [0.717, 1.165) is 19.1 Å². The van der Waals surface area contributed by atoms with Crippen LogP contribution >= 0.6 is 0 Å². The Morgan fingerprint density at radius 1 is 1.50 bits per heavy atom. The van der Waals surface area contributed by atoms with E-state index in [2.05, 4.69) is 6.92 Å². The van der Waals surface area contributed by atoms with Gasteiger partial charge in [-0.2, -0.15) is 0 Å². The van der Waals surface area contributed by atoms with Crippen molar-refractivity contribution in [3.05, 3.63) is 0 Å². The third-order valence-electron chi connectivity index (χ3n) is 2.17. The average Bonchev–Trinajstić information content (AvgIpc) is 2.00. The van der Waals surface area contributed by atoms with Gasteiger partial charge in [0.05, 0.1) is 0 Å². The molecule has 2 nitrogen and oxygen atoms in total. The molecule has 0 aromatic carbocycles. The number of aldehydes is 1. The summed E-state index contributed by atoms with van der Waals surface area (Å²) in [6.45, 7) is 5.66. The van der Waals surface area contributed by atoms with E-state index in [1.54, 1.807) is 0 Å². The molecule has 0 saturated carbocycles. The van der Waals surface area contributed by atoms with Gasteiger partial charge in [-0.1, -0.05) is 26.7 Å². The van der Waals surface area contributed by atoms with Crippen molar-refractivity contribution in [3.63, 3.8) is 0 Å². The van der Waals surface area contributed by atoms with Crippen LogP contribution in [0.1, 0.15) is 40.0 Å². The van der Waals surface area contributed by atoms with E-state index >= 15 is 0 Å². The smallest absolute Gasteiger partial charge is 0.130 e. The molecule has 0 N–H and O–H groups in total. The molecule has 0 aromatic rings. The van der Waals surface area contributed by atoms with Gasteiger partial charge in [0.2, 0.25) is 0 Å². The summed E-state index contributed by atoms with van der Waals surface area (Å²) < 4.78 is 0. The summed E-state index contributed by atoms with van der Waals surface area (Å²) in [5.41, 5.74) is 0. The lowest BCUT2D eigenvalue weighted by Crippen LogP contribution is -2.16. The van der Waals surface area contributed by atoms with Crippen LogP contribution in [-0.4, -0.2) is 12.1 Å². The van der Waals surface area contributed by atoms with Crippen molar-refractivity contribution in [1.29, 1.82) is 0 Å². The quantitative estimate of drug-likeness (QED) is 0.573. The molecular formula is C10H18O2. The Bertz CT molecular complexity index is 152. The number of Topliss-reactive ketones (excluding diaryl/α,β-unsaturated/α-hetero) is 1. The predicted molar refractivity (Wildman–Crippen MR) is 48.9 cm³/mol. The minimum Gasteiger partial charge on any atom is -0.303 e. The van der Waals surface area contributed by atoms with Crippen LogP contribution in [0, 0.1) is 11.8 Å². The lowest BCUT2D eigenvalue weighted by Gasteiger charge is -2.16. The molecule has 0 amide bonds. The first-order chi connectivity index (χ1) is 5.61. The fourth-order valence-electron chi connectivity index (χ4n) is 1.38. The molecule has 0 heterocycles. The molecule has 1 unspecified atom stereocenters. The Balaban J connectivity index is 3.95. The zero-order chi connectivity index (χ0) is 9.56. The first-order valence-electron chi connectivity index (χ1n) is 4.56. The maximum absolute atomic E-state index is 10.8. The summed E-state index contributed by atoms with van der Waals surface area (Å²) in [6, 6.07) is 0. The summed E-state index contributed by atoms with van der Waals surface area (Å²) in [7, 11) is 0. The standard InChI is InChI=1S/C10H18O2/c1-4-5-8(2)10(7-11)6-9(3)12/h7-8,10H,4-6H2,1-3H3/t8-,10?/m1/s1. The topological polar surface area (TPSA) is 34.1 Å². The third kappa shape index (κ3) is 4.27. The van der Waals surface area contributed by atoms with Gasteiger partial charge in [-0.3, -0.25) is 0 Å². The number of hydrogen-bond donors (Lipinski definition) is 0. The lowest BCUT2D eigenvalue weighted by atomic mass is 9.88. The molecule has 0 aromatic heterocycles. The van der Waals surface area contributed by atoms with Gasteiger partial charge >= 0.3 is 0 Å². The van der Waals surface area contributed by atoms with E-state index in [0.29, 0.717) is 12.3 Å². The van der Waals surface area contributed by atoms with E-state index < -0.39 is 0 Å². The zero-order valence-corrected chi connectivity index (χ0v) is 8.17. The number of rotatable bonds is 6. The highest BCUT2D eigenvalue weighted by Crippen LogP contribution is 2.18. The van der Waals surface area contributed by atoms with Crippen LogP contribution in [0.5, 0.6) is 0 Å². The van der Waals surface area contributed by atoms with Crippen molar-refractivity contribution in [1.82, 2.24) is 0 Å². The van der Waals surface area contributed by atoms with Crippen LogP contribution in [0.15, 0.2) is 0 Å². The highest BCUT2D eigenvalue weighted by molar-refractivity contribution is 5.78. The molecule has 2 atom stereocenters. The minimum absolute atomic E-state index is 0.0672. The fraction of sp³-hybridized carbons (Fsp3) is 0.800. The van der Waals surface area contributed by atoms with Crippen LogP contribution in [0.25, 0.3) is 0 Å². The molecule has 0 aliphatic rings. The second-order valence-electron chi connectivity index (χ2n) is 3.47. The summed E-state index contributed by atoms with van der Waals surface area (Å²) in [6.07, 6.45) is 3.42. The zero-order valence-electron chi connectivity index (χ0n) is 8.17. The first-order valence-corrected chi connectivity index (χ1v) is 4.56. The Hall–Kier alpha value is -0.660. The lowest BCUT2D eigenvalue weighted by molar-refractivity contribution is -0.122. The summed E-state index contributed by atoms with van der Waals surface area (Å²) >= 11 is 0. The summed E-state index contributed by atoms with van der Waals surface area (Å²) in [5.74, 6) is 0.383. The van der Waals surface area contributed by atoms with E-state index in [1.165, 1.54) is 6.92 Å². The molecule has 0 spiro atoms. The van der Waals surface area contributed by atoms with Gasteiger partial charge < -0.3 is 9.59 Å². The first kappa shape index (κ1) is 11.3. The van der Waals surface area contributed by atoms with Crippen LogP contribution in [0.4, 0.5) is 0 Å². The van der Waals surface area contributed by atoms with Gasteiger partial charge in [0.25, 0.3) is 0 Å². The maximum atomic E-state index is 10.8. The summed E-state index contributed by atoms with van der Waals surface area (Å²) in [4.78, 5) is 21.4. The Morgan fingerprint density at radius 2 is 2.08 bits per heavy atom. The molecule has 0 aliphatic heterocycles. The SMILES string of the molecule is CCC[C@@H](C)C(C=O)CC(C)=O. The van der Waals surface area contributed by atoms with Gasteiger partial charge in [-0.15, -0.1) is 0 Å². The molecule has 2 heteroatoms. The van der Waals surface area contributed by atoms with E-state index in [4.69, 9.17) is 0 Å². The number of carbonyl (C=O) groups excluding carboxylic acids is 2. The summed E-state index contributed by atoms with van der Waals surface area (Å²) in [5, 5.41) is 0. The fourth-order valence-corrected chi connectivity index (χ4v) is 1.38. The molecule has 0 radical (unpaired) electrons. The molecular weight excluding hydrogens is 152 g/mol. The van der Waals surface area contributed by atoms with E-state index in [9.17, 15) is 9.59 Å². The largest absolute Gasteiger partial charge is 0.303 e. The van der Waals surface area contributed by atoms with Crippen LogP contribution in [0.3, 0.4) is 0 Å². The monoisotopic (exact) mass is 170 g/mol. The van der Waals surface area contributed by atoms with E-state index in [-0.39, 0.29) is 11.7 Å². The van der Waals surface area contributed by atoms with Gasteiger partial charge in [-0.05, 0) is 12.8 Å². The minimum atomic E-state index is -0.0672. The predicted octanol–water partition coefficient (Wildman–Crippen LogP) is 2.22. The Kier molecular flexibility index (Phi) is 5.60. The number of ketones is 1. The normalized spacial score (nSPS) is 15.2. The van der Waals surface area contributed by atoms with Crippen molar-refractivity contribution < 1.29 is 9.59 Å². The van der Waals surface area contributed by atoms with Crippen LogP contribution < -0.4 is 0 Å². The molecule has 0 bridgehead atoms. The van der Waals surface area contributed by atoms with E-state index in [1.807, 2.05) is 6.92 Å². The van der Waals surface area contributed by atoms with Crippen molar-refractivity contribution in [3.8, 4) is 0 Å². The second-order valence-corrected chi connectivity index (χ2v) is 3.47. The molecule has 0 fully saturated rings. The molecule has 70 valence electrons. The average molecular weight is 170 g/mol. The molecule has 12 heavy (non-hydrogen) atoms. The molecule has 0 rings (SSSR count). The van der Waals surface area contributed by atoms with Gasteiger partial charge in [0.15, 0.2) is 0 Å². The number of carbonyl (C=O) groups is 2. The highest BCUT2D eigenvalue weighted by Gasteiger charge is 2.17. The van der Waals surface area contributed by atoms with Crippen molar-refractivity contribution in [2.75, 3.05) is 0 Å². The van der Waals surface area contributed by atoms with Gasteiger partial charge in [0.1, 0.15) is 12.1 Å². The van der Waals surface area contributed by atoms with Crippen molar-refractivity contribution >= 4 is 12.1 Å². The van der Waals surface area contributed by atoms with Gasteiger partial charge in [0, 0.05) is 12.3 Å². The third-order valence-corrected chi connectivity index (χ3v) is 2.17. The van der Waals surface area contributed by atoms with Crippen molar-refractivity contribution in [2.24, 2.45) is 11.8 Å². The van der Waals surface area contributed by atoms with Crippen molar-refractivity contribution in [2.45, 2.75) is 40.0 Å².